The maximum atomic E-state index is 2.30. The molecule has 0 bridgehead atoms. The van der Waals surface area contributed by atoms with Crippen molar-refractivity contribution in [3.63, 3.8) is 0 Å². The molecule has 56 heavy (non-hydrogen) atoms. The Morgan fingerprint density at radius 2 is 0.696 bits per heavy atom. The van der Waals surface area contributed by atoms with E-state index < -0.39 is 0 Å². The van der Waals surface area contributed by atoms with Crippen molar-refractivity contribution in [3.05, 3.63) is 237 Å². The van der Waals surface area contributed by atoms with Gasteiger partial charge in [-0.15, -0.1) is 0 Å². The maximum absolute atomic E-state index is 2.30. The van der Waals surface area contributed by atoms with Crippen LogP contribution in [0.5, 0.6) is 0 Å². The number of aryl methyl sites for hydroxylation is 4. The third-order valence-corrected chi connectivity index (χ3v) is 12.0. The second-order valence-corrected chi connectivity index (χ2v) is 15.9. The second kappa shape index (κ2) is 15.1. The van der Waals surface area contributed by atoms with Crippen LogP contribution in [-0.4, -0.2) is 0 Å². The van der Waals surface area contributed by atoms with Gasteiger partial charge in [-0.2, -0.15) is 0 Å². The molecular weight excluding hydrogens is 673 g/mol. The molecule has 0 N–H and O–H groups in total. The Labute approximate surface area is 333 Å². The standard InChI is InChI=1S/4C14H12/c1-10-5-4-7-12-9-11-6-2-3-8-13(11)14(10)12;1-10-5-4-8-13-12-7-3-2-6-11(12)9-14(10)13;1-10-6-7-14-12(8-10)9-11-4-2-3-5-13(11)14;1-10-6-7-12-9-11-4-2-3-5-13(11)14(12)8-10/h4*2-8H,9H2,1H3. The molecule has 12 rings (SSSR count). The highest BCUT2D eigenvalue weighted by atomic mass is 14.2. The zero-order chi connectivity index (χ0) is 38.2. The zero-order valence-electron chi connectivity index (χ0n) is 33.0. The zero-order valence-corrected chi connectivity index (χ0v) is 33.0. The molecule has 4 aliphatic rings. The smallest absolute Gasteiger partial charge is 0.00108 e. The van der Waals surface area contributed by atoms with E-state index >= 15 is 0 Å². The molecule has 0 heterocycles. The SMILES string of the molecule is Cc1ccc2c(c1)-c1ccccc1C2.Cc1ccc2c(c1)Cc1ccccc1-2.Cc1cccc2c1-c1ccccc1C2.Cc1cccc2c1Cc1ccccc1-2. The van der Waals surface area contributed by atoms with E-state index in [1.165, 1.54) is 111 Å². The molecule has 0 atom stereocenters. The van der Waals surface area contributed by atoms with Gasteiger partial charge >= 0.3 is 0 Å². The van der Waals surface area contributed by atoms with Gasteiger partial charge in [0.2, 0.25) is 0 Å². The van der Waals surface area contributed by atoms with Crippen molar-refractivity contribution >= 4 is 0 Å². The molecule has 0 amide bonds. The van der Waals surface area contributed by atoms with Crippen molar-refractivity contribution in [1.29, 1.82) is 0 Å². The molecule has 0 heteroatoms. The minimum absolute atomic E-state index is 1.10. The van der Waals surface area contributed by atoms with E-state index in [1.54, 1.807) is 0 Å². The van der Waals surface area contributed by atoms with Gasteiger partial charge in [0.25, 0.3) is 0 Å². The van der Waals surface area contributed by atoms with Crippen LogP contribution in [0.1, 0.15) is 66.8 Å². The van der Waals surface area contributed by atoms with Crippen LogP contribution in [0.4, 0.5) is 0 Å². The lowest BCUT2D eigenvalue weighted by atomic mass is 10.0. The molecule has 0 aliphatic heterocycles. The van der Waals surface area contributed by atoms with Crippen LogP contribution in [0.3, 0.4) is 0 Å². The summed E-state index contributed by atoms with van der Waals surface area (Å²) in [5, 5.41) is 0. The first kappa shape index (κ1) is 35.5. The monoisotopic (exact) mass is 720 g/mol. The Bertz CT molecular complexity index is 2730. The maximum Gasteiger partial charge on any atom is -0.00108 e. The average Bonchev–Trinajstić information content (AvgIpc) is 3.99. The van der Waals surface area contributed by atoms with Gasteiger partial charge in [0.1, 0.15) is 0 Å². The molecule has 0 fully saturated rings. The van der Waals surface area contributed by atoms with E-state index in [4.69, 9.17) is 0 Å². The van der Waals surface area contributed by atoms with Gasteiger partial charge in [-0.3, -0.25) is 0 Å². The van der Waals surface area contributed by atoms with Crippen molar-refractivity contribution in [3.8, 4) is 44.5 Å². The first-order chi connectivity index (χ1) is 27.4. The van der Waals surface area contributed by atoms with Crippen LogP contribution in [0.15, 0.2) is 170 Å². The molecule has 0 unspecified atom stereocenters. The lowest BCUT2D eigenvalue weighted by Crippen LogP contribution is -1.84. The lowest BCUT2D eigenvalue weighted by molar-refractivity contribution is 1.22. The minimum atomic E-state index is 1.10. The van der Waals surface area contributed by atoms with Gasteiger partial charge in [-0.25, -0.2) is 0 Å². The highest BCUT2D eigenvalue weighted by Gasteiger charge is 2.20. The van der Waals surface area contributed by atoms with Gasteiger partial charge in [-0.1, -0.05) is 181 Å². The largest absolute Gasteiger partial charge is 0.0619 e. The summed E-state index contributed by atoms with van der Waals surface area (Å²) in [6.07, 6.45) is 4.42. The minimum Gasteiger partial charge on any atom is -0.0619 e. The fourth-order valence-electron chi connectivity index (χ4n) is 9.21. The van der Waals surface area contributed by atoms with Crippen molar-refractivity contribution in [1.82, 2.24) is 0 Å². The van der Waals surface area contributed by atoms with E-state index in [-0.39, 0.29) is 0 Å². The molecule has 8 aromatic rings. The Balaban J connectivity index is 0.0000000975. The molecule has 0 spiro atoms. The van der Waals surface area contributed by atoms with E-state index in [9.17, 15) is 0 Å². The number of hydrogen-bond acceptors (Lipinski definition) is 0. The van der Waals surface area contributed by atoms with Crippen molar-refractivity contribution in [2.45, 2.75) is 53.4 Å². The quantitative estimate of drug-likeness (QED) is 0.146. The fraction of sp³-hybridized carbons (Fsp3) is 0.143. The Morgan fingerprint density at radius 3 is 1.41 bits per heavy atom. The molecule has 272 valence electrons. The highest BCUT2D eigenvalue weighted by Crippen LogP contribution is 2.40. The summed E-state index contributed by atoms with van der Waals surface area (Å²) < 4.78 is 0. The molecule has 0 aromatic heterocycles. The Kier molecular flexibility index (Phi) is 9.58. The summed E-state index contributed by atoms with van der Waals surface area (Å²) in [5.74, 6) is 0. The van der Waals surface area contributed by atoms with Crippen LogP contribution in [0.2, 0.25) is 0 Å². The molecule has 0 saturated heterocycles. The van der Waals surface area contributed by atoms with Gasteiger partial charge < -0.3 is 0 Å². The average molecular weight is 721 g/mol. The summed E-state index contributed by atoms with van der Waals surface area (Å²) in [6, 6.07) is 61.4. The summed E-state index contributed by atoms with van der Waals surface area (Å²) in [5.41, 5.74) is 28.8. The molecule has 0 nitrogen and oxygen atoms in total. The van der Waals surface area contributed by atoms with Gasteiger partial charge in [0, 0.05) is 0 Å². The van der Waals surface area contributed by atoms with Crippen molar-refractivity contribution in [2.24, 2.45) is 0 Å². The van der Waals surface area contributed by atoms with Crippen molar-refractivity contribution in [2.75, 3.05) is 0 Å². The van der Waals surface area contributed by atoms with Gasteiger partial charge in [0.05, 0.1) is 0 Å². The number of hydrogen-bond donors (Lipinski definition) is 0. The third-order valence-electron chi connectivity index (χ3n) is 12.0. The normalized spacial score (nSPS) is 12.4. The van der Waals surface area contributed by atoms with Gasteiger partial charge in [-0.05, 0) is 154 Å². The molecule has 8 aromatic carbocycles. The summed E-state index contributed by atoms with van der Waals surface area (Å²) >= 11 is 0. The van der Waals surface area contributed by atoms with E-state index in [2.05, 4.69) is 198 Å². The molecule has 0 radical (unpaired) electrons. The second-order valence-electron chi connectivity index (χ2n) is 15.9. The van der Waals surface area contributed by atoms with Crippen LogP contribution in [0.25, 0.3) is 44.5 Å². The van der Waals surface area contributed by atoms with E-state index in [0.29, 0.717) is 0 Å². The van der Waals surface area contributed by atoms with E-state index in [1.807, 2.05) is 0 Å². The third kappa shape index (κ3) is 6.82. The van der Waals surface area contributed by atoms with Gasteiger partial charge in [0.15, 0.2) is 0 Å². The molecule has 0 saturated carbocycles. The predicted molar refractivity (Wildman–Crippen MR) is 238 cm³/mol. The highest BCUT2D eigenvalue weighted by molar-refractivity contribution is 5.80. The number of rotatable bonds is 0. The van der Waals surface area contributed by atoms with Crippen LogP contribution < -0.4 is 0 Å². The Hall–Kier alpha value is -6.24. The molecular formula is C56H48. The first-order valence-corrected chi connectivity index (χ1v) is 20.1. The Morgan fingerprint density at radius 1 is 0.268 bits per heavy atom. The lowest BCUT2D eigenvalue weighted by Gasteiger charge is -2.03. The number of benzene rings is 8. The van der Waals surface area contributed by atoms with Crippen LogP contribution >= 0.6 is 0 Å². The summed E-state index contributed by atoms with van der Waals surface area (Å²) in [6.45, 7) is 8.70. The predicted octanol–water partition coefficient (Wildman–Crippen LogP) is 14.3. The van der Waals surface area contributed by atoms with E-state index in [0.717, 1.165) is 25.7 Å². The van der Waals surface area contributed by atoms with Crippen LogP contribution in [-0.2, 0) is 25.7 Å². The first-order valence-electron chi connectivity index (χ1n) is 20.1. The van der Waals surface area contributed by atoms with Crippen molar-refractivity contribution < 1.29 is 0 Å². The topological polar surface area (TPSA) is 0 Å². The molecule has 4 aliphatic carbocycles. The summed E-state index contributed by atoms with van der Waals surface area (Å²) in [4.78, 5) is 0. The number of fused-ring (bicyclic) bond motifs is 12. The summed E-state index contributed by atoms with van der Waals surface area (Å²) in [7, 11) is 0. The van der Waals surface area contributed by atoms with Crippen LogP contribution in [0, 0.1) is 27.7 Å². The fourth-order valence-corrected chi connectivity index (χ4v) is 9.21.